The van der Waals surface area contributed by atoms with Gasteiger partial charge in [0.2, 0.25) is 0 Å². The van der Waals surface area contributed by atoms with Crippen molar-refractivity contribution < 1.29 is 89.7 Å². The third-order valence-corrected chi connectivity index (χ3v) is 18.8. The van der Waals surface area contributed by atoms with Gasteiger partial charge in [-0.05, 0) is 124 Å². The fourth-order valence-corrected chi connectivity index (χ4v) is 14.9. The first-order chi connectivity index (χ1) is 30.8. The molecule has 18 nitrogen and oxygen atoms in total. The molecule has 0 bridgehead atoms. The van der Waals surface area contributed by atoms with Crippen LogP contribution in [0.3, 0.4) is 0 Å². The summed E-state index contributed by atoms with van der Waals surface area (Å²) >= 11 is 0. The zero-order chi connectivity index (χ0) is 48.6. The molecule has 3 aliphatic heterocycles. The van der Waals surface area contributed by atoms with Crippen molar-refractivity contribution in [1.82, 2.24) is 0 Å². The predicted molar refractivity (Wildman–Crippen MR) is 234 cm³/mol. The van der Waals surface area contributed by atoms with Gasteiger partial charge < -0.3 is 89.7 Å². The molecule has 0 aromatic carbocycles. The Hall–Kier alpha value is -0.980. The van der Waals surface area contributed by atoms with E-state index in [1.807, 2.05) is 20.8 Å². The van der Waals surface area contributed by atoms with Gasteiger partial charge >= 0.3 is 0 Å². The molecule has 0 aromatic rings. The van der Waals surface area contributed by atoms with Crippen molar-refractivity contribution in [2.24, 2.45) is 45.3 Å². The molecule has 12 N–H and O–H groups in total. The third-order valence-electron chi connectivity index (χ3n) is 18.8. The van der Waals surface area contributed by atoms with Gasteiger partial charge in [0.15, 0.2) is 18.9 Å². The van der Waals surface area contributed by atoms with Gasteiger partial charge in [-0.15, -0.1) is 0 Å². The van der Waals surface area contributed by atoms with Crippen molar-refractivity contribution in [3.8, 4) is 0 Å². The summed E-state index contributed by atoms with van der Waals surface area (Å²) in [5, 5.41) is 129. The van der Waals surface area contributed by atoms with E-state index in [-0.39, 0.29) is 39.9 Å². The van der Waals surface area contributed by atoms with Crippen LogP contribution in [0.5, 0.6) is 0 Å². The first kappa shape index (κ1) is 52.8. The summed E-state index contributed by atoms with van der Waals surface area (Å²) in [4.78, 5) is 0. The lowest BCUT2D eigenvalue weighted by Gasteiger charge is -2.71. The van der Waals surface area contributed by atoms with E-state index in [4.69, 9.17) is 28.4 Å². The summed E-state index contributed by atoms with van der Waals surface area (Å²) in [6, 6.07) is 0. The van der Waals surface area contributed by atoms with Crippen LogP contribution in [-0.4, -0.2) is 191 Å². The SMILES string of the molecule is CC(C)=CCC[C@](C)(O[C@@H]1O[C@H](CO)[C@@H](O)[C@H](O)[C@H]1O)[C@@H]1CC[C@]2(C)[C@@H]1[C@H](O)C[C@@H]1[C@@]3(C)CC[C@H](O[C@@H]4O[C@H](CO)[C@@H](O)[C@H](O)[C@H]4O[C@@H]4O[C@H](CO)[C@@H](O)[C@H](O)[C@H]4O)C(C)(C)[C@@H]3CC[C@]12C. The molecule has 0 amide bonds. The number of aliphatic hydroxyl groups excluding tert-OH is 12. The second kappa shape index (κ2) is 19.6. The first-order valence-electron chi connectivity index (χ1n) is 24.4. The van der Waals surface area contributed by atoms with Crippen LogP contribution < -0.4 is 0 Å². The fraction of sp³-hybridized carbons (Fsp3) is 0.958. The topological polar surface area (TPSA) is 298 Å². The van der Waals surface area contributed by atoms with Crippen LogP contribution in [0, 0.1) is 45.3 Å². The van der Waals surface area contributed by atoms with Gasteiger partial charge in [-0.3, -0.25) is 0 Å². The number of ether oxygens (including phenoxy) is 6. The Morgan fingerprint density at radius 2 is 1.14 bits per heavy atom. The van der Waals surface area contributed by atoms with Gasteiger partial charge in [-0.25, -0.2) is 0 Å². The van der Waals surface area contributed by atoms with E-state index in [1.54, 1.807) is 0 Å². The number of hydrogen-bond acceptors (Lipinski definition) is 18. The van der Waals surface area contributed by atoms with Crippen LogP contribution in [-0.2, 0) is 28.4 Å². The van der Waals surface area contributed by atoms with E-state index in [0.29, 0.717) is 25.7 Å². The average Bonchev–Trinajstić information content (AvgIpc) is 3.65. The molecule has 0 spiro atoms. The molecular formula is C48H82O18. The maximum absolute atomic E-state index is 12.7. The maximum atomic E-state index is 12.7. The Kier molecular flexibility index (Phi) is 15.7. The van der Waals surface area contributed by atoms with Crippen LogP contribution in [0.1, 0.15) is 113 Å². The largest absolute Gasteiger partial charge is 0.394 e. The molecule has 3 heterocycles. The molecule has 18 heteroatoms. The molecule has 25 atom stereocenters. The van der Waals surface area contributed by atoms with Gasteiger partial charge in [0.25, 0.3) is 0 Å². The smallest absolute Gasteiger partial charge is 0.187 e. The highest BCUT2D eigenvalue weighted by Gasteiger charge is 2.72. The molecular weight excluding hydrogens is 865 g/mol. The van der Waals surface area contributed by atoms with Crippen molar-refractivity contribution in [3.05, 3.63) is 11.6 Å². The summed E-state index contributed by atoms with van der Waals surface area (Å²) in [6.07, 6.45) is -15.4. The first-order valence-corrected chi connectivity index (χ1v) is 24.4. The lowest BCUT2D eigenvalue weighted by molar-refractivity contribution is -0.378. The van der Waals surface area contributed by atoms with E-state index in [2.05, 4.69) is 40.7 Å². The van der Waals surface area contributed by atoms with E-state index < -0.39 is 135 Å². The Balaban J connectivity index is 1.13. The molecule has 0 radical (unpaired) electrons. The van der Waals surface area contributed by atoms with Crippen molar-refractivity contribution >= 4 is 0 Å². The molecule has 4 saturated carbocycles. The Morgan fingerprint density at radius 1 is 0.606 bits per heavy atom. The molecule has 7 aliphatic rings. The van der Waals surface area contributed by atoms with Crippen LogP contribution in [0.25, 0.3) is 0 Å². The molecule has 7 rings (SSSR count). The second-order valence-electron chi connectivity index (χ2n) is 22.9. The highest BCUT2D eigenvalue weighted by molar-refractivity contribution is 5.20. The van der Waals surface area contributed by atoms with Crippen LogP contribution >= 0.6 is 0 Å². The third kappa shape index (κ3) is 8.79. The zero-order valence-corrected chi connectivity index (χ0v) is 40.0. The summed E-state index contributed by atoms with van der Waals surface area (Å²) < 4.78 is 37.2. The van der Waals surface area contributed by atoms with E-state index in [9.17, 15) is 61.3 Å². The maximum Gasteiger partial charge on any atom is 0.187 e. The highest BCUT2D eigenvalue weighted by atomic mass is 16.8. The Labute approximate surface area is 388 Å². The van der Waals surface area contributed by atoms with Crippen molar-refractivity contribution in [3.63, 3.8) is 0 Å². The highest BCUT2D eigenvalue weighted by Crippen LogP contribution is 2.76. The Bertz CT molecular complexity index is 1680. The summed E-state index contributed by atoms with van der Waals surface area (Å²) in [7, 11) is 0. The van der Waals surface area contributed by atoms with E-state index in [1.165, 1.54) is 0 Å². The molecule has 0 aromatic heterocycles. The normalized spacial score (nSPS) is 52.4. The number of allylic oxidation sites excluding steroid dienone is 2. The minimum atomic E-state index is -1.79. The minimum absolute atomic E-state index is 0.0905. The van der Waals surface area contributed by atoms with Gasteiger partial charge in [-0.1, -0.05) is 46.3 Å². The molecule has 7 fully saturated rings. The number of hydrogen-bond donors (Lipinski definition) is 12. The standard InChI is InChI=1S/C48H82O18/c1-22(2)10-9-14-48(8,66-42-39(60)36(57)33(54)26(20-50)62-42)23-11-16-47(7)31(23)24(52)18-29-45(5)15-13-30(44(3,4)28(45)12-17-46(29,47)6)64-43-40(37(58)34(55)27(21-51)63-43)65-41-38(59)35(56)32(53)25(19-49)61-41/h10,23-43,49-60H,9,11-21H2,1-8H3/t23-,24-,25-,26-,27-,28+,29-,30+,31+,32-,33-,34-,35+,36+,37+,38-,39-,40-,41+,42+,43+,45+,46-,47-,48+/m1/s1. The fourth-order valence-electron chi connectivity index (χ4n) is 14.9. The predicted octanol–water partition coefficient (Wildman–Crippen LogP) is -0.0268. The summed E-state index contributed by atoms with van der Waals surface area (Å²) in [5.41, 5.74) is -1.12. The molecule has 3 saturated heterocycles. The molecule has 66 heavy (non-hydrogen) atoms. The lowest BCUT2D eigenvalue weighted by Crippen LogP contribution is -2.68. The summed E-state index contributed by atoms with van der Waals surface area (Å²) in [6.45, 7) is 15.5. The van der Waals surface area contributed by atoms with Gasteiger partial charge in [0.1, 0.15) is 73.2 Å². The average molecular weight is 947 g/mol. The minimum Gasteiger partial charge on any atom is -0.394 e. The number of fused-ring (bicyclic) bond motifs is 5. The second-order valence-corrected chi connectivity index (χ2v) is 22.9. The van der Waals surface area contributed by atoms with Crippen LogP contribution in [0.15, 0.2) is 11.6 Å². The lowest BCUT2D eigenvalue weighted by atomic mass is 9.35. The molecule has 4 aliphatic carbocycles. The van der Waals surface area contributed by atoms with Gasteiger partial charge in [0, 0.05) is 0 Å². The monoisotopic (exact) mass is 947 g/mol. The van der Waals surface area contributed by atoms with E-state index in [0.717, 1.165) is 37.7 Å². The zero-order valence-electron chi connectivity index (χ0n) is 40.0. The molecule has 0 unspecified atom stereocenters. The van der Waals surface area contributed by atoms with Crippen molar-refractivity contribution in [2.75, 3.05) is 19.8 Å². The number of rotatable bonds is 13. The van der Waals surface area contributed by atoms with E-state index >= 15 is 0 Å². The van der Waals surface area contributed by atoms with Crippen molar-refractivity contribution in [1.29, 1.82) is 0 Å². The van der Waals surface area contributed by atoms with Gasteiger partial charge in [-0.2, -0.15) is 0 Å². The number of aliphatic hydroxyl groups is 12. The Morgan fingerprint density at radius 3 is 1.71 bits per heavy atom. The van der Waals surface area contributed by atoms with Gasteiger partial charge in [0.05, 0.1) is 37.6 Å². The van der Waals surface area contributed by atoms with Crippen molar-refractivity contribution in [2.45, 2.75) is 223 Å². The summed E-state index contributed by atoms with van der Waals surface area (Å²) in [5.74, 6) is -0.151. The quantitative estimate of drug-likeness (QED) is 0.0853. The van der Waals surface area contributed by atoms with Crippen LogP contribution in [0.2, 0.25) is 0 Å². The molecule has 382 valence electrons. The van der Waals surface area contributed by atoms with Crippen LogP contribution in [0.4, 0.5) is 0 Å².